The average molecular weight is 325 g/mol. The summed E-state index contributed by atoms with van der Waals surface area (Å²) in [6.45, 7) is 5.61. The predicted molar refractivity (Wildman–Crippen MR) is 96.8 cm³/mol. The molecule has 0 radical (unpaired) electrons. The molecule has 1 N–H and O–H groups in total. The number of hydrogen-bond donors (Lipinski definition) is 1. The first-order valence-electron chi connectivity index (χ1n) is 8.95. The lowest BCUT2D eigenvalue weighted by atomic mass is 9.95. The first-order chi connectivity index (χ1) is 11.8. The molecule has 1 aliphatic rings. The van der Waals surface area contributed by atoms with Gasteiger partial charge in [0.1, 0.15) is 0 Å². The van der Waals surface area contributed by atoms with Crippen molar-refractivity contribution in [3.8, 4) is 0 Å². The van der Waals surface area contributed by atoms with Crippen LogP contribution in [0.25, 0.3) is 0 Å². The Bertz CT molecular complexity index is 550. The van der Waals surface area contributed by atoms with Gasteiger partial charge in [-0.2, -0.15) is 0 Å². The molecule has 0 unspecified atom stereocenters. The molecule has 1 aliphatic heterocycles. The highest BCUT2D eigenvalue weighted by Crippen LogP contribution is 2.38. The monoisotopic (exact) mass is 325 g/mol. The molecular formula is C21H27NO2. The zero-order valence-electron chi connectivity index (χ0n) is 14.4. The number of ether oxygens (including phenoxy) is 2. The highest BCUT2D eigenvalue weighted by molar-refractivity contribution is 5.34. The molecular weight excluding hydrogens is 298 g/mol. The average Bonchev–Trinajstić information content (AvgIpc) is 2.67. The molecule has 0 saturated carbocycles. The second-order valence-electron chi connectivity index (χ2n) is 6.39. The van der Waals surface area contributed by atoms with E-state index in [-0.39, 0.29) is 0 Å². The lowest BCUT2D eigenvalue weighted by molar-refractivity contribution is -0.266. The van der Waals surface area contributed by atoms with Crippen molar-refractivity contribution in [2.24, 2.45) is 5.92 Å². The second kappa shape index (κ2) is 8.43. The molecule has 1 heterocycles. The van der Waals surface area contributed by atoms with Crippen LogP contribution >= 0.6 is 0 Å². The van der Waals surface area contributed by atoms with Crippen molar-refractivity contribution in [2.75, 3.05) is 26.3 Å². The fraction of sp³-hybridized carbons (Fsp3) is 0.429. The van der Waals surface area contributed by atoms with Gasteiger partial charge in [-0.25, -0.2) is 0 Å². The molecule has 3 rings (SSSR count). The van der Waals surface area contributed by atoms with Crippen LogP contribution in [0.15, 0.2) is 60.7 Å². The number of benzene rings is 2. The smallest absolute Gasteiger partial charge is 0.222 e. The Balaban J connectivity index is 1.73. The number of unbranched alkanes of at least 4 members (excludes halogenated alkanes) is 1. The third kappa shape index (κ3) is 3.86. The Morgan fingerprint density at radius 2 is 1.46 bits per heavy atom. The summed E-state index contributed by atoms with van der Waals surface area (Å²) >= 11 is 0. The van der Waals surface area contributed by atoms with E-state index in [2.05, 4.69) is 36.5 Å². The molecule has 2 aromatic carbocycles. The molecule has 0 atom stereocenters. The van der Waals surface area contributed by atoms with Gasteiger partial charge in [-0.1, -0.05) is 74.0 Å². The highest BCUT2D eigenvalue weighted by atomic mass is 16.7. The molecule has 0 spiro atoms. The Kier molecular flexibility index (Phi) is 6.02. The van der Waals surface area contributed by atoms with Crippen LogP contribution in [0.4, 0.5) is 0 Å². The van der Waals surface area contributed by atoms with Crippen LogP contribution < -0.4 is 5.32 Å². The van der Waals surface area contributed by atoms with Gasteiger partial charge in [-0.15, -0.1) is 0 Å². The van der Waals surface area contributed by atoms with Crippen molar-refractivity contribution in [1.29, 1.82) is 0 Å². The third-order valence-corrected chi connectivity index (χ3v) is 4.49. The normalized spacial score (nSPS) is 17.7. The minimum absolute atomic E-state index is 0.391. The van der Waals surface area contributed by atoms with Crippen LogP contribution in [0, 0.1) is 5.92 Å². The van der Waals surface area contributed by atoms with Gasteiger partial charge in [0.2, 0.25) is 5.79 Å². The molecule has 24 heavy (non-hydrogen) atoms. The fourth-order valence-electron chi connectivity index (χ4n) is 3.10. The van der Waals surface area contributed by atoms with Crippen LogP contribution in [-0.4, -0.2) is 26.3 Å². The van der Waals surface area contributed by atoms with Crippen LogP contribution in [0.1, 0.15) is 30.9 Å². The van der Waals surface area contributed by atoms with Gasteiger partial charge in [0.25, 0.3) is 0 Å². The van der Waals surface area contributed by atoms with Crippen LogP contribution in [0.3, 0.4) is 0 Å². The van der Waals surface area contributed by atoms with E-state index in [1.165, 1.54) is 12.8 Å². The Labute approximate surface area is 145 Å². The van der Waals surface area contributed by atoms with Gasteiger partial charge in [-0.3, -0.25) is 0 Å². The predicted octanol–water partition coefficient (Wildman–Crippen LogP) is 3.94. The third-order valence-electron chi connectivity index (χ3n) is 4.49. The first kappa shape index (κ1) is 17.2. The van der Waals surface area contributed by atoms with E-state index in [1.807, 2.05) is 36.4 Å². The molecule has 2 aromatic rings. The molecule has 3 heteroatoms. The maximum atomic E-state index is 6.35. The Hall–Kier alpha value is -1.68. The molecule has 1 fully saturated rings. The van der Waals surface area contributed by atoms with Gasteiger partial charge in [0.05, 0.1) is 13.2 Å². The molecule has 0 aliphatic carbocycles. The standard InChI is InChI=1S/C21H27NO2/c1-2-3-14-22-15-18-16-23-21(24-17-18,19-10-6-4-7-11-19)20-12-8-5-9-13-20/h4-13,18,22H,2-3,14-17H2,1H3. The zero-order chi connectivity index (χ0) is 16.7. The topological polar surface area (TPSA) is 30.5 Å². The van der Waals surface area contributed by atoms with E-state index in [1.54, 1.807) is 0 Å². The second-order valence-corrected chi connectivity index (χ2v) is 6.39. The molecule has 128 valence electrons. The lowest BCUT2D eigenvalue weighted by Gasteiger charge is -2.41. The van der Waals surface area contributed by atoms with E-state index >= 15 is 0 Å². The van der Waals surface area contributed by atoms with Gasteiger partial charge in [0.15, 0.2) is 0 Å². The van der Waals surface area contributed by atoms with Gasteiger partial charge >= 0.3 is 0 Å². The summed E-state index contributed by atoms with van der Waals surface area (Å²) in [6, 6.07) is 20.5. The van der Waals surface area contributed by atoms with Gasteiger partial charge in [0, 0.05) is 23.6 Å². The van der Waals surface area contributed by atoms with E-state index in [4.69, 9.17) is 9.47 Å². The van der Waals surface area contributed by atoms with Crippen molar-refractivity contribution >= 4 is 0 Å². The van der Waals surface area contributed by atoms with Crippen LogP contribution in [0.5, 0.6) is 0 Å². The number of nitrogens with one attached hydrogen (secondary N) is 1. The van der Waals surface area contributed by atoms with Crippen molar-refractivity contribution in [3.05, 3.63) is 71.8 Å². The maximum Gasteiger partial charge on any atom is 0.222 e. The summed E-state index contributed by atoms with van der Waals surface area (Å²) in [5.74, 6) is -0.398. The van der Waals surface area contributed by atoms with E-state index in [0.29, 0.717) is 19.1 Å². The van der Waals surface area contributed by atoms with Gasteiger partial charge in [-0.05, 0) is 13.0 Å². The van der Waals surface area contributed by atoms with Crippen molar-refractivity contribution in [1.82, 2.24) is 5.32 Å². The minimum atomic E-state index is -0.789. The summed E-state index contributed by atoms with van der Waals surface area (Å²) < 4.78 is 12.7. The SMILES string of the molecule is CCCCNCC1COC(c2ccccc2)(c2ccccc2)OC1. The molecule has 3 nitrogen and oxygen atoms in total. The Morgan fingerprint density at radius 3 is 1.96 bits per heavy atom. The largest absolute Gasteiger partial charge is 0.342 e. The minimum Gasteiger partial charge on any atom is -0.342 e. The maximum absolute atomic E-state index is 6.35. The number of hydrogen-bond acceptors (Lipinski definition) is 3. The summed E-state index contributed by atoms with van der Waals surface area (Å²) in [5.41, 5.74) is 2.10. The molecule has 0 bridgehead atoms. The fourth-order valence-corrected chi connectivity index (χ4v) is 3.10. The molecule has 0 aromatic heterocycles. The van der Waals surface area contributed by atoms with Crippen molar-refractivity contribution in [2.45, 2.75) is 25.6 Å². The van der Waals surface area contributed by atoms with Crippen LogP contribution in [-0.2, 0) is 15.3 Å². The number of rotatable bonds is 7. The summed E-state index contributed by atoms with van der Waals surface area (Å²) in [5, 5.41) is 3.50. The Morgan fingerprint density at radius 1 is 0.917 bits per heavy atom. The van der Waals surface area contributed by atoms with Crippen LogP contribution in [0.2, 0.25) is 0 Å². The highest BCUT2D eigenvalue weighted by Gasteiger charge is 2.41. The quantitative estimate of drug-likeness (QED) is 0.782. The van der Waals surface area contributed by atoms with Gasteiger partial charge < -0.3 is 14.8 Å². The van der Waals surface area contributed by atoms with Crippen molar-refractivity contribution < 1.29 is 9.47 Å². The van der Waals surface area contributed by atoms with E-state index in [0.717, 1.165) is 24.2 Å². The lowest BCUT2D eigenvalue weighted by Crippen LogP contribution is -2.45. The van der Waals surface area contributed by atoms with E-state index in [9.17, 15) is 0 Å². The first-order valence-corrected chi connectivity index (χ1v) is 8.95. The molecule has 1 saturated heterocycles. The summed E-state index contributed by atoms with van der Waals surface area (Å²) in [4.78, 5) is 0. The summed E-state index contributed by atoms with van der Waals surface area (Å²) in [7, 11) is 0. The molecule has 0 amide bonds. The summed E-state index contributed by atoms with van der Waals surface area (Å²) in [6.07, 6.45) is 2.43. The van der Waals surface area contributed by atoms with Crippen molar-refractivity contribution in [3.63, 3.8) is 0 Å². The zero-order valence-corrected chi connectivity index (χ0v) is 14.4. The van der Waals surface area contributed by atoms with E-state index < -0.39 is 5.79 Å².